The van der Waals surface area contributed by atoms with E-state index in [1.807, 2.05) is 6.07 Å². The molecular weight excluding hydrogens is 262 g/mol. The lowest BCUT2D eigenvalue weighted by molar-refractivity contribution is -0.153. The number of nitrogens with zero attached hydrogens (tertiary/aromatic N) is 1. The summed E-state index contributed by atoms with van der Waals surface area (Å²) < 4.78 is 5.10. The van der Waals surface area contributed by atoms with Crippen LogP contribution in [0, 0.1) is 11.8 Å². The first-order valence-electron chi connectivity index (χ1n) is 7.87. The lowest BCUT2D eigenvalue weighted by Crippen LogP contribution is -2.58. The van der Waals surface area contributed by atoms with E-state index in [2.05, 4.69) is 35.2 Å². The number of rotatable bonds is 2. The van der Waals surface area contributed by atoms with Crippen molar-refractivity contribution in [3.8, 4) is 0 Å². The molecule has 5 rings (SSSR count). The van der Waals surface area contributed by atoms with Crippen molar-refractivity contribution < 1.29 is 9.53 Å². The van der Waals surface area contributed by atoms with Crippen LogP contribution in [0.25, 0.3) is 6.08 Å². The predicted octanol–water partition coefficient (Wildman–Crippen LogP) is 2.73. The second-order valence-corrected chi connectivity index (χ2v) is 6.49. The molecule has 0 N–H and O–H groups in total. The zero-order chi connectivity index (χ0) is 14.4. The maximum absolute atomic E-state index is 12.3. The average Bonchev–Trinajstić information content (AvgIpc) is 2.83. The van der Waals surface area contributed by atoms with Gasteiger partial charge in [-0.1, -0.05) is 42.0 Å². The van der Waals surface area contributed by atoms with Crippen molar-refractivity contribution in [3.63, 3.8) is 0 Å². The van der Waals surface area contributed by atoms with Gasteiger partial charge in [0.25, 0.3) is 0 Å². The van der Waals surface area contributed by atoms with Gasteiger partial charge in [0.15, 0.2) is 0 Å². The van der Waals surface area contributed by atoms with Crippen LogP contribution in [0.1, 0.15) is 24.8 Å². The molecule has 2 unspecified atom stereocenters. The summed E-state index contributed by atoms with van der Waals surface area (Å²) in [4.78, 5) is 14.8. The van der Waals surface area contributed by atoms with Gasteiger partial charge >= 0.3 is 5.97 Å². The standard InChI is InChI=1S/C18H21NO2/c1-21-18(20)17-15-10-14-7-8-16(17)19(14)11-13(15)9-12-5-3-2-4-6-12/h2-6,9,14-17H,7-8,10-11H2,1H3/b13-9-/t14-,15-,16?,17-/m1/s1. The first-order valence-corrected chi connectivity index (χ1v) is 7.87. The van der Waals surface area contributed by atoms with Crippen molar-refractivity contribution in [3.05, 3.63) is 41.5 Å². The van der Waals surface area contributed by atoms with Gasteiger partial charge in [-0.3, -0.25) is 9.69 Å². The lowest BCUT2D eigenvalue weighted by Gasteiger charge is -2.50. The van der Waals surface area contributed by atoms with Crippen LogP contribution in [0.3, 0.4) is 0 Å². The number of hydrogen-bond donors (Lipinski definition) is 0. The van der Waals surface area contributed by atoms with Crippen molar-refractivity contribution >= 4 is 12.0 Å². The van der Waals surface area contributed by atoms with Crippen LogP contribution in [-0.2, 0) is 9.53 Å². The Morgan fingerprint density at radius 3 is 2.86 bits per heavy atom. The zero-order valence-corrected chi connectivity index (χ0v) is 12.4. The van der Waals surface area contributed by atoms with Crippen molar-refractivity contribution in [1.29, 1.82) is 0 Å². The van der Waals surface area contributed by atoms with Gasteiger partial charge in [-0.25, -0.2) is 0 Å². The third-order valence-electron chi connectivity index (χ3n) is 5.53. The normalized spacial score (nSPS) is 38.7. The molecule has 5 atom stereocenters. The van der Waals surface area contributed by atoms with Crippen LogP contribution in [0.2, 0.25) is 0 Å². The Morgan fingerprint density at radius 1 is 1.29 bits per heavy atom. The van der Waals surface area contributed by atoms with Gasteiger partial charge in [0.2, 0.25) is 0 Å². The number of fused-ring (bicyclic) bond motifs is 1. The fourth-order valence-corrected chi connectivity index (χ4v) is 4.64. The first kappa shape index (κ1) is 13.1. The number of esters is 1. The molecule has 0 aliphatic carbocycles. The maximum Gasteiger partial charge on any atom is 0.310 e. The van der Waals surface area contributed by atoms with Crippen molar-refractivity contribution in [2.24, 2.45) is 11.8 Å². The molecule has 4 saturated heterocycles. The van der Waals surface area contributed by atoms with Crippen LogP contribution in [0.4, 0.5) is 0 Å². The van der Waals surface area contributed by atoms with Crippen LogP contribution >= 0.6 is 0 Å². The third-order valence-corrected chi connectivity index (χ3v) is 5.53. The first-order chi connectivity index (χ1) is 10.3. The summed E-state index contributed by atoms with van der Waals surface area (Å²) in [6.45, 7) is 1.03. The van der Waals surface area contributed by atoms with Crippen LogP contribution in [0.15, 0.2) is 35.9 Å². The smallest absolute Gasteiger partial charge is 0.310 e. The van der Waals surface area contributed by atoms with E-state index in [0.29, 0.717) is 18.0 Å². The summed E-state index contributed by atoms with van der Waals surface area (Å²) in [6, 6.07) is 11.5. The van der Waals surface area contributed by atoms with E-state index in [1.54, 1.807) is 0 Å². The van der Waals surface area contributed by atoms with Gasteiger partial charge in [0.05, 0.1) is 13.0 Å². The minimum atomic E-state index is -0.0194. The molecule has 0 saturated carbocycles. The fraction of sp³-hybridized carbons (Fsp3) is 0.500. The summed E-state index contributed by atoms with van der Waals surface area (Å²) in [5.74, 6) is 0.395. The molecule has 4 heterocycles. The quantitative estimate of drug-likeness (QED) is 0.782. The van der Waals surface area contributed by atoms with Crippen LogP contribution < -0.4 is 0 Å². The highest BCUT2D eigenvalue weighted by molar-refractivity contribution is 5.75. The van der Waals surface area contributed by atoms with Gasteiger partial charge < -0.3 is 4.74 Å². The Bertz CT molecular complexity index is 580. The molecule has 0 amide bonds. The molecular formula is C18H21NO2. The van der Waals surface area contributed by atoms with E-state index < -0.39 is 0 Å². The monoisotopic (exact) mass is 283 g/mol. The van der Waals surface area contributed by atoms with Crippen molar-refractivity contribution in [2.75, 3.05) is 13.7 Å². The van der Waals surface area contributed by atoms with Gasteiger partial charge in [-0.2, -0.15) is 0 Å². The number of carbonyl (C=O) groups excluding carboxylic acids is 1. The van der Waals surface area contributed by atoms with Crippen LogP contribution in [0.5, 0.6) is 0 Å². The number of carbonyl (C=O) groups is 1. The van der Waals surface area contributed by atoms with Crippen molar-refractivity contribution in [1.82, 2.24) is 4.90 Å². The molecule has 3 nitrogen and oxygen atoms in total. The Kier molecular flexibility index (Phi) is 3.11. The largest absolute Gasteiger partial charge is 0.469 e. The maximum atomic E-state index is 12.3. The second-order valence-electron chi connectivity index (χ2n) is 6.49. The highest BCUT2D eigenvalue weighted by Crippen LogP contribution is 2.50. The third kappa shape index (κ3) is 2.03. The average molecular weight is 283 g/mol. The molecule has 4 bridgehead atoms. The molecule has 4 aliphatic heterocycles. The number of piperidine rings is 3. The molecule has 1 aromatic carbocycles. The molecule has 0 radical (unpaired) electrons. The van der Waals surface area contributed by atoms with Crippen molar-refractivity contribution in [2.45, 2.75) is 31.3 Å². The van der Waals surface area contributed by atoms with Gasteiger partial charge in [0, 0.05) is 18.6 Å². The molecule has 0 spiro atoms. The van der Waals surface area contributed by atoms with Gasteiger partial charge in [0.1, 0.15) is 0 Å². The Labute approximate surface area is 125 Å². The molecule has 4 fully saturated rings. The summed E-state index contributed by atoms with van der Waals surface area (Å²) in [6.07, 6.45) is 5.80. The summed E-state index contributed by atoms with van der Waals surface area (Å²) in [5.41, 5.74) is 2.64. The highest BCUT2D eigenvalue weighted by Gasteiger charge is 2.55. The second kappa shape index (κ2) is 4.99. The van der Waals surface area contributed by atoms with E-state index in [4.69, 9.17) is 4.74 Å². The van der Waals surface area contributed by atoms with E-state index in [-0.39, 0.29) is 11.9 Å². The zero-order valence-electron chi connectivity index (χ0n) is 12.4. The summed E-state index contributed by atoms with van der Waals surface area (Å²) in [7, 11) is 1.52. The van der Waals surface area contributed by atoms with E-state index in [0.717, 1.165) is 19.4 Å². The van der Waals surface area contributed by atoms with E-state index in [9.17, 15) is 4.79 Å². The number of benzene rings is 1. The van der Waals surface area contributed by atoms with Gasteiger partial charge in [-0.15, -0.1) is 0 Å². The molecule has 0 aromatic heterocycles. The number of hydrogen-bond acceptors (Lipinski definition) is 3. The lowest BCUT2D eigenvalue weighted by atomic mass is 9.71. The van der Waals surface area contributed by atoms with Gasteiger partial charge in [-0.05, 0) is 30.7 Å². The Hall–Kier alpha value is -1.61. The molecule has 110 valence electrons. The predicted molar refractivity (Wildman–Crippen MR) is 81.5 cm³/mol. The Balaban J connectivity index is 1.69. The minimum Gasteiger partial charge on any atom is -0.469 e. The molecule has 3 heteroatoms. The molecule has 1 aromatic rings. The molecule has 21 heavy (non-hydrogen) atoms. The Morgan fingerprint density at radius 2 is 2.10 bits per heavy atom. The number of ether oxygens (including phenoxy) is 1. The minimum absolute atomic E-state index is 0.0194. The molecule has 4 aliphatic rings. The van der Waals surface area contributed by atoms with Crippen LogP contribution in [-0.4, -0.2) is 36.6 Å². The SMILES string of the molecule is COC(=O)[C@H]1C2CC[C@@H]3C[C@@H]1/C(=C\c1ccccc1)CN23. The summed E-state index contributed by atoms with van der Waals surface area (Å²) >= 11 is 0. The number of methoxy groups -OCH3 is 1. The van der Waals surface area contributed by atoms with E-state index >= 15 is 0 Å². The van der Waals surface area contributed by atoms with E-state index in [1.165, 1.54) is 24.7 Å². The fourth-order valence-electron chi connectivity index (χ4n) is 4.64. The highest BCUT2D eigenvalue weighted by atomic mass is 16.5. The summed E-state index contributed by atoms with van der Waals surface area (Å²) in [5, 5.41) is 0. The topological polar surface area (TPSA) is 29.5 Å².